The number of halogens is 2. The third kappa shape index (κ3) is 5.13. The van der Waals surface area contributed by atoms with Gasteiger partial charge in [0.15, 0.2) is 0 Å². The molecule has 3 nitrogen and oxygen atoms in total. The van der Waals surface area contributed by atoms with E-state index in [2.05, 4.69) is 21.2 Å². The largest absolute Gasteiger partial charge is 0.381 e. The minimum Gasteiger partial charge on any atom is -0.381 e. The minimum atomic E-state index is -0.114. The maximum atomic E-state index is 11.9. The molecule has 1 amide bonds. The van der Waals surface area contributed by atoms with Crippen molar-refractivity contribution in [2.24, 2.45) is 5.92 Å². The fourth-order valence-corrected chi connectivity index (χ4v) is 2.28. The molecule has 19 heavy (non-hydrogen) atoms. The Morgan fingerprint density at radius 2 is 2.26 bits per heavy atom. The summed E-state index contributed by atoms with van der Waals surface area (Å²) in [6.45, 7) is 2.18. The van der Waals surface area contributed by atoms with E-state index in [1.165, 1.54) is 12.8 Å². The monoisotopic (exact) mass is 345 g/mol. The topological polar surface area (TPSA) is 38.3 Å². The van der Waals surface area contributed by atoms with E-state index in [-0.39, 0.29) is 5.91 Å². The summed E-state index contributed by atoms with van der Waals surface area (Å²) < 4.78 is 6.26. The van der Waals surface area contributed by atoms with E-state index in [1.807, 2.05) is 0 Å². The van der Waals surface area contributed by atoms with Crippen LogP contribution in [-0.4, -0.2) is 25.7 Å². The van der Waals surface area contributed by atoms with E-state index in [0.717, 1.165) is 23.4 Å². The molecule has 0 heterocycles. The normalized spacial score (nSPS) is 14.4. The zero-order valence-corrected chi connectivity index (χ0v) is 13.0. The predicted molar refractivity (Wildman–Crippen MR) is 79.6 cm³/mol. The van der Waals surface area contributed by atoms with Crippen LogP contribution in [0.3, 0.4) is 0 Å². The quantitative estimate of drug-likeness (QED) is 0.765. The molecule has 1 aromatic carbocycles. The van der Waals surface area contributed by atoms with Crippen LogP contribution in [0.1, 0.15) is 29.6 Å². The number of amides is 1. The van der Waals surface area contributed by atoms with Gasteiger partial charge in [-0.25, -0.2) is 0 Å². The van der Waals surface area contributed by atoms with Gasteiger partial charge in [-0.3, -0.25) is 4.79 Å². The number of hydrogen-bond donors (Lipinski definition) is 1. The summed E-state index contributed by atoms with van der Waals surface area (Å²) in [6.07, 6.45) is 3.44. The molecule has 2 rings (SSSR count). The van der Waals surface area contributed by atoms with Gasteiger partial charge in [-0.2, -0.15) is 0 Å². The van der Waals surface area contributed by atoms with Crippen molar-refractivity contribution in [2.75, 3.05) is 19.8 Å². The van der Waals surface area contributed by atoms with Gasteiger partial charge in [0, 0.05) is 29.3 Å². The van der Waals surface area contributed by atoms with Gasteiger partial charge in [0.1, 0.15) is 0 Å². The highest BCUT2D eigenvalue weighted by atomic mass is 79.9. The highest BCUT2D eigenvalue weighted by Crippen LogP contribution is 2.28. The molecule has 0 aromatic heterocycles. The SMILES string of the molecule is O=C(NCCCOCC1CC1)c1cc(Cl)ccc1Br. The van der Waals surface area contributed by atoms with Crippen LogP contribution < -0.4 is 5.32 Å². The van der Waals surface area contributed by atoms with Gasteiger partial charge in [-0.05, 0) is 59.3 Å². The third-order valence-corrected chi connectivity index (χ3v) is 3.90. The van der Waals surface area contributed by atoms with Crippen LogP contribution in [-0.2, 0) is 4.74 Å². The average Bonchev–Trinajstić information content (AvgIpc) is 3.20. The molecule has 0 unspecified atom stereocenters. The zero-order chi connectivity index (χ0) is 13.7. The summed E-state index contributed by atoms with van der Waals surface area (Å²) in [5.41, 5.74) is 0.561. The Labute approximate surface area is 126 Å². The molecule has 5 heteroatoms. The second-order valence-corrected chi connectivity index (χ2v) is 6.04. The van der Waals surface area contributed by atoms with Gasteiger partial charge in [0.25, 0.3) is 5.91 Å². The molecule has 1 saturated carbocycles. The van der Waals surface area contributed by atoms with Crippen molar-refractivity contribution in [3.63, 3.8) is 0 Å². The zero-order valence-electron chi connectivity index (χ0n) is 10.6. The molecular weight excluding hydrogens is 330 g/mol. The first kappa shape index (κ1) is 14.8. The second kappa shape index (κ2) is 7.27. The van der Waals surface area contributed by atoms with Crippen molar-refractivity contribution in [1.82, 2.24) is 5.32 Å². The molecule has 0 spiro atoms. The first-order valence-corrected chi connectivity index (χ1v) is 7.65. The van der Waals surface area contributed by atoms with Crippen LogP contribution in [0.25, 0.3) is 0 Å². The second-order valence-electron chi connectivity index (χ2n) is 4.75. The minimum absolute atomic E-state index is 0.114. The number of ether oxygens (including phenoxy) is 1. The van der Waals surface area contributed by atoms with Crippen molar-refractivity contribution in [3.8, 4) is 0 Å². The molecule has 1 aromatic rings. The Bertz CT molecular complexity index is 449. The smallest absolute Gasteiger partial charge is 0.252 e. The molecule has 0 radical (unpaired) electrons. The lowest BCUT2D eigenvalue weighted by Gasteiger charge is -2.07. The van der Waals surface area contributed by atoms with E-state index in [4.69, 9.17) is 16.3 Å². The van der Waals surface area contributed by atoms with Crippen molar-refractivity contribution < 1.29 is 9.53 Å². The van der Waals surface area contributed by atoms with Crippen LogP contribution in [0, 0.1) is 5.92 Å². The molecule has 0 bridgehead atoms. The summed E-state index contributed by atoms with van der Waals surface area (Å²) in [5.74, 6) is 0.675. The van der Waals surface area contributed by atoms with Crippen LogP contribution in [0.5, 0.6) is 0 Å². The fourth-order valence-electron chi connectivity index (χ4n) is 1.68. The van der Waals surface area contributed by atoms with Gasteiger partial charge in [0.05, 0.1) is 5.56 Å². The van der Waals surface area contributed by atoms with Crippen molar-refractivity contribution in [3.05, 3.63) is 33.3 Å². The first-order valence-electron chi connectivity index (χ1n) is 6.48. The van der Waals surface area contributed by atoms with E-state index < -0.39 is 0 Å². The van der Waals surface area contributed by atoms with Crippen molar-refractivity contribution >= 4 is 33.4 Å². The first-order chi connectivity index (χ1) is 9.16. The van der Waals surface area contributed by atoms with Gasteiger partial charge in [-0.15, -0.1) is 0 Å². The van der Waals surface area contributed by atoms with Crippen LogP contribution in [0.2, 0.25) is 5.02 Å². The number of rotatable bonds is 7. The Hall–Kier alpha value is -0.580. The lowest BCUT2D eigenvalue weighted by molar-refractivity contribution is 0.0936. The van der Waals surface area contributed by atoms with Gasteiger partial charge in [0.2, 0.25) is 0 Å². The third-order valence-electron chi connectivity index (χ3n) is 2.97. The summed E-state index contributed by atoms with van der Waals surface area (Å²) in [7, 11) is 0. The van der Waals surface area contributed by atoms with E-state index >= 15 is 0 Å². The highest BCUT2D eigenvalue weighted by Gasteiger charge is 2.20. The molecule has 0 aliphatic heterocycles. The van der Waals surface area contributed by atoms with Crippen LogP contribution >= 0.6 is 27.5 Å². The van der Waals surface area contributed by atoms with E-state index in [1.54, 1.807) is 18.2 Å². The summed E-state index contributed by atoms with van der Waals surface area (Å²) >= 11 is 9.22. The lowest BCUT2D eigenvalue weighted by Crippen LogP contribution is -2.25. The maximum Gasteiger partial charge on any atom is 0.252 e. The molecular formula is C14H17BrClNO2. The van der Waals surface area contributed by atoms with Crippen LogP contribution in [0.4, 0.5) is 0 Å². The summed E-state index contributed by atoms with van der Waals surface area (Å²) in [5, 5.41) is 3.42. The Balaban J connectivity index is 1.66. The molecule has 0 saturated heterocycles. The molecule has 104 valence electrons. The van der Waals surface area contributed by atoms with Crippen molar-refractivity contribution in [2.45, 2.75) is 19.3 Å². The van der Waals surface area contributed by atoms with Gasteiger partial charge >= 0.3 is 0 Å². The Morgan fingerprint density at radius 1 is 1.47 bits per heavy atom. The molecule has 1 fully saturated rings. The lowest BCUT2D eigenvalue weighted by atomic mass is 10.2. The van der Waals surface area contributed by atoms with E-state index in [9.17, 15) is 4.79 Å². The number of hydrogen-bond acceptors (Lipinski definition) is 2. The fraction of sp³-hybridized carbons (Fsp3) is 0.500. The van der Waals surface area contributed by atoms with Gasteiger partial charge in [-0.1, -0.05) is 11.6 Å². The number of nitrogens with one attached hydrogen (secondary N) is 1. The Morgan fingerprint density at radius 3 is 3.00 bits per heavy atom. The average molecular weight is 347 g/mol. The Kier molecular flexibility index (Phi) is 5.67. The maximum absolute atomic E-state index is 11.9. The van der Waals surface area contributed by atoms with Crippen molar-refractivity contribution in [1.29, 1.82) is 0 Å². The number of carbonyl (C=O) groups is 1. The number of benzene rings is 1. The molecule has 1 aliphatic carbocycles. The highest BCUT2D eigenvalue weighted by molar-refractivity contribution is 9.10. The summed E-state index contributed by atoms with van der Waals surface area (Å²) in [6, 6.07) is 5.18. The molecule has 1 aliphatic rings. The molecule has 1 N–H and O–H groups in total. The van der Waals surface area contributed by atoms with Crippen LogP contribution in [0.15, 0.2) is 22.7 Å². The predicted octanol–water partition coefficient (Wildman–Crippen LogP) is 3.65. The standard InChI is InChI=1S/C14H17BrClNO2/c15-13-5-4-11(16)8-12(13)14(18)17-6-1-7-19-9-10-2-3-10/h4-5,8,10H,1-3,6-7,9H2,(H,17,18). The molecule has 0 atom stereocenters. The van der Waals surface area contributed by atoms with Gasteiger partial charge < -0.3 is 10.1 Å². The van der Waals surface area contributed by atoms with E-state index in [0.29, 0.717) is 23.7 Å². The summed E-state index contributed by atoms with van der Waals surface area (Å²) in [4.78, 5) is 11.9. The number of carbonyl (C=O) groups excluding carboxylic acids is 1.